The summed E-state index contributed by atoms with van der Waals surface area (Å²) in [6, 6.07) is 18.6. The first-order valence-corrected chi connectivity index (χ1v) is 8.32. The first-order valence-electron chi connectivity index (χ1n) is 8.32. The van der Waals surface area contributed by atoms with Crippen LogP contribution in [0.4, 0.5) is 17.2 Å². The van der Waals surface area contributed by atoms with Crippen LogP contribution in [0.5, 0.6) is 0 Å². The number of para-hydroxylation sites is 1. The second kappa shape index (κ2) is 8.47. The van der Waals surface area contributed by atoms with E-state index >= 15 is 0 Å². The molecule has 7 heteroatoms. The molecule has 1 aromatic heterocycles. The summed E-state index contributed by atoms with van der Waals surface area (Å²) in [7, 11) is 1.31. The maximum atomic E-state index is 12.5. The monoisotopic (exact) mass is 372 g/mol. The highest BCUT2D eigenvalue weighted by molar-refractivity contribution is 6.05. The van der Waals surface area contributed by atoms with Crippen molar-refractivity contribution in [2.45, 2.75) is 0 Å². The molecule has 138 valence electrons. The maximum Gasteiger partial charge on any atom is 0.339 e. The van der Waals surface area contributed by atoms with Crippen LogP contribution in [0.25, 0.3) is 0 Å². The number of anilines is 3. The molecule has 7 nitrogen and oxygen atoms in total. The minimum Gasteiger partial charge on any atom is -0.465 e. The fourth-order valence-electron chi connectivity index (χ4n) is 2.53. The molecule has 1 heterocycles. The molecule has 0 saturated carbocycles. The highest BCUT2D eigenvalue weighted by Crippen LogP contribution is 2.21. The van der Waals surface area contributed by atoms with E-state index in [9.17, 15) is 9.59 Å². The van der Waals surface area contributed by atoms with Crippen molar-refractivity contribution in [2.24, 2.45) is 0 Å². The normalized spacial score (nSPS) is 9.86. The molecule has 2 aromatic carbocycles. The van der Waals surface area contributed by atoms with Gasteiger partial charge in [0.25, 0.3) is 5.91 Å². The zero-order chi connectivity index (χ0) is 19.9. The molecule has 0 fully saturated rings. The summed E-state index contributed by atoms with van der Waals surface area (Å²) in [6.45, 7) is 0. The summed E-state index contributed by atoms with van der Waals surface area (Å²) in [4.78, 5) is 28.6. The molecular weight excluding hydrogens is 356 g/mol. The van der Waals surface area contributed by atoms with Gasteiger partial charge in [-0.2, -0.15) is 5.26 Å². The van der Waals surface area contributed by atoms with Crippen LogP contribution in [0, 0.1) is 11.3 Å². The number of nitriles is 1. The molecule has 3 rings (SSSR count). The summed E-state index contributed by atoms with van der Waals surface area (Å²) in [5.41, 5.74) is 2.22. The Kier molecular flexibility index (Phi) is 5.63. The Hall–Kier alpha value is -4.18. The molecule has 0 radical (unpaired) electrons. The number of carbonyl (C=O) groups excluding carboxylic acids is 2. The number of carbonyl (C=O) groups is 2. The number of hydrogen-bond donors (Lipinski definition) is 2. The molecule has 0 aliphatic heterocycles. The van der Waals surface area contributed by atoms with E-state index in [0.717, 1.165) is 0 Å². The highest BCUT2D eigenvalue weighted by atomic mass is 16.5. The quantitative estimate of drug-likeness (QED) is 0.661. The van der Waals surface area contributed by atoms with Gasteiger partial charge in [-0.25, -0.2) is 9.78 Å². The molecular formula is C21H16N4O3. The van der Waals surface area contributed by atoms with E-state index < -0.39 is 5.97 Å². The van der Waals surface area contributed by atoms with Crippen molar-refractivity contribution in [2.75, 3.05) is 17.7 Å². The van der Waals surface area contributed by atoms with Gasteiger partial charge in [-0.15, -0.1) is 0 Å². The summed E-state index contributed by atoms with van der Waals surface area (Å²) in [5.74, 6) is -0.425. The number of benzene rings is 2. The zero-order valence-electron chi connectivity index (χ0n) is 15.0. The van der Waals surface area contributed by atoms with E-state index in [1.807, 2.05) is 6.07 Å². The number of rotatable bonds is 5. The Morgan fingerprint density at radius 3 is 2.68 bits per heavy atom. The standard InChI is InChI=1S/C21H16N4O3/c1-28-21(27)17-7-2-3-8-18(17)25-19-12-15(9-10-23-19)20(26)24-16-6-4-5-14(11-16)13-22/h2-12H,1H3,(H,23,25)(H,24,26). The van der Waals surface area contributed by atoms with Crippen molar-refractivity contribution >= 4 is 29.1 Å². The molecule has 0 unspecified atom stereocenters. The van der Waals surface area contributed by atoms with Crippen LogP contribution in [-0.2, 0) is 4.74 Å². The Bertz CT molecular complexity index is 1070. The number of hydrogen-bond acceptors (Lipinski definition) is 6. The van der Waals surface area contributed by atoms with E-state index in [1.54, 1.807) is 60.7 Å². The average Bonchev–Trinajstić information content (AvgIpc) is 2.74. The Balaban J connectivity index is 1.80. The molecule has 0 bridgehead atoms. The maximum absolute atomic E-state index is 12.5. The Labute approximate surface area is 161 Å². The SMILES string of the molecule is COC(=O)c1ccccc1Nc1cc(C(=O)Nc2cccc(C#N)c2)ccn1. The number of aromatic nitrogens is 1. The van der Waals surface area contributed by atoms with Crippen LogP contribution in [0.3, 0.4) is 0 Å². The van der Waals surface area contributed by atoms with Crippen molar-refractivity contribution in [3.05, 3.63) is 83.6 Å². The highest BCUT2D eigenvalue weighted by Gasteiger charge is 2.13. The van der Waals surface area contributed by atoms with Gasteiger partial charge in [-0.3, -0.25) is 4.79 Å². The fourth-order valence-corrected chi connectivity index (χ4v) is 2.53. The Morgan fingerprint density at radius 1 is 1.07 bits per heavy atom. The lowest BCUT2D eigenvalue weighted by Crippen LogP contribution is -2.12. The first-order chi connectivity index (χ1) is 13.6. The number of nitrogens with one attached hydrogen (secondary N) is 2. The molecule has 2 N–H and O–H groups in total. The van der Waals surface area contributed by atoms with Gasteiger partial charge in [-0.1, -0.05) is 18.2 Å². The smallest absolute Gasteiger partial charge is 0.339 e. The molecule has 0 aliphatic carbocycles. The molecule has 0 saturated heterocycles. The number of nitrogens with zero attached hydrogens (tertiary/aromatic N) is 2. The fraction of sp³-hybridized carbons (Fsp3) is 0.0476. The van der Waals surface area contributed by atoms with E-state index in [-0.39, 0.29) is 5.91 Å². The topological polar surface area (TPSA) is 104 Å². The molecule has 0 atom stereocenters. The third kappa shape index (κ3) is 4.31. The van der Waals surface area contributed by atoms with Gasteiger partial charge in [0, 0.05) is 17.4 Å². The van der Waals surface area contributed by atoms with Crippen LogP contribution < -0.4 is 10.6 Å². The predicted molar refractivity (Wildman–Crippen MR) is 104 cm³/mol. The van der Waals surface area contributed by atoms with E-state index in [2.05, 4.69) is 15.6 Å². The van der Waals surface area contributed by atoms with Crippen molar-refractivity contribution in [1.82, 2.24) is 4.98 Å². The van der Waals surface area contributed by atoms with Crippen molar-refractivity contribution < 1.29 is 14.3 Å². The second-order valence-corrected chi connectivity index (χ2v) is 5.74. The molecule has 28 heavy (non-hydrogen) atoms. The molecule has 0 spiro atoms. The van der Waals surface area contributed by atoms with Crippen LogP contribution in [0.2, 0.25) is 0 Å². The third-order valence-corrected chi connectivity index (χ3v) is 3.87. The first kappa shape index (κ1) is 18.6. The van der Waals surface area contributed by atoms with Gasteiger partial charge in [0.1, 0.15) is 5.82 Å². The summed E-state index contributed by atoms with van der Waals surface area (Å²) < 4.78 is 4.78. The van der Waals surface area contributed by atoms with Gasteiger partial charge in [0.2, 0.25) is 0 Å². The lowest BCUT2D eigenvalue weighted by atomic mass is 10.1. The lowest BCUT2D eigenvalue weighted by Gasteiger charge is -2.11. The summed E-state index contributed by atoms with van der Waals surface area (Å²) in [6.07, 6.45) is 1.49. The molecule has 3 aromatic rings. The number of amides is 1. The third-order valence-electron chi connectivity index (χ3n) is 3.87. The van der Waals surface area contributed by atoms with Crippen LogP contribution >= 0.6 is 0 Å². The van der Waals surface area contributed by atoms with Crippen LogP contribution in [-0.4, -0.2) is 24.0 Å². The molecule has 0 aliphatic rings. The van der Waals surface area contributed by atoms with Crippen LogP contribution in [0.1, 0.15) is 26.3 Å². The van der Waals surface area contributed by atoms with E-state index in [0.29, 0.717) is 33.9 Å². The van der Waals surface area contributed by atoms with Gasteiger partial charge in [-0.05, 0) is 42.5 Å². The van der Waals surface area contributed by atoms with Crippen molar-refractivity contribution in [1.29, 1.82) is 5.26 Å². The van der Waals surface area contributed by atoms with Crippen molar-refractivity contribution in [3.8, 4) is 6.07 Å². The van der Waals surface area contributed by atoms with Gasteiger partial charge >= 0.3 is 5.97 Å². The number of esters is 1. The Morgan fingerprint density at radius 2 is 1.89 bits per heavy atom. The van der Waals surface area contributed by atoms with E-state index in [4.69, 9.17) is 10.00 Å². The average molecular weight is 372 g/mol. The number of methoxy groups -OCH3 is 1. The minimum atomic E-state index is -0.477. The zero-order valence-corrected chi connectivity index (χ0v) is 15.0. The van der Waals surface area contributed by atoms with Crippen molar-refractivity contribution in [3.63, 3.8) is 0 Å². The summed E-state index contributed by atoms with van der Waals surface area (Å²) in [5, 5.41) is 14.7. The largest absolute Gasteiger partial charge is 0.465 e. The predicted octanol–water partition coefficient (Wildman–Crippen LogP) is 3.74. The minimum absolute atomic E-state index is 0.346. The van der Waals surface area contributed by atoms with E-state index in [1.165, 1.54) is 13.3 Å². The second-order valence-electron chi connectivity index (χ2n) is 5.74. The van der Waals surface area contributed by atoms with Gasteiger partial charge < -0.3 is 15.4 Å². The summed E-state index contributed by atoms with van der Waals surface area (Å²) >= 11 is 0. The molecule has 1 amide bonds. The lowest BCUT2D eigenvalue weighted by molar-refractivity contribution is 0.0601. The van der Waals surface area contributed by atoms with Crippen LogP contribution in [0.15, 0.2) is 66.9 Å². The number of ether oxygens (including phenoxy) is 1. The number of pyridine rings is 1. The van der Waals surface area contributed by atoms with Gasteiger partial charge in [0.15, 0.2) is 0 Å². The van der Waals surface area contributed by atoms with Gasteiger partial charge in [0.05, 0.1) is 30.0 Å².